The minimum atomic E-state index is -0.715. The first-order valence-electron chi connectivity index (χ1n) is 8.73. The SMILES string of the molecule is COc1ccc(-c2cc(C(=O)Nc3cccc(F)n3)c3cccc(F)c3n2)cc1. The van der Waals surface area contributed by atoms with Gasteiger partial charge >= 0.3 is 0 Å². The van der Waals surface area contributed by atoms with Crippen LogP contribution in [0.2, 0.25) is 0 Å². The largest absolute Gasteiger partial charge is 0.497 e. The van der Waals surface area contributed by atoms with Crippen LogP contribution in [-0.2, 0) is 0 Å². The zero-order valence-electron chi connectivity index (χ0n) is 15.3. The molecule has 7 heteroatoms. The average Bonchev–Trinajstić information content (AvgIpc) is 2.73. The summed E-state index contributed by atoms with van der Waals surface area (Å²) in [5, 5.41) is 2.89. The van der Waals surface area contributed by atoms with Crippen LogP contribution < -0.4 is 10.1 Å². The van der Waals surface area contributed by atoms with Crippen molar-refractivity contribution >= 4 is 22.6 Å². The third-order valence-electron chi connectivity index (χ3n) is 4.38. The maximum Gasteiger partial charge on any atom is 0.257 e. The van der Waals surface area contributed by atoms with Gasteiger partial charge < -0.3 is 10.1 Å². The summed E-state index contributed by atoms with van der Waals surface area (Å²) in [7, 11) is 1.56. The number of ether oxygens (including phenoxy) is 1. The van der Waals surface area contributed by atoms with Gasteiger partial charge in [-0.15, -0.1) is 0 Å². The lowest BCUT2D eigenvalue weighted by Gasteiger charge is -2.11. The van der Waals surface area contributed by atoms with Crippen molar-refractivity contribution in [2.75, 3.05) is 12.4 Å². The Labute approximate surface area is 165 Å². The van der Waals surface area contributed by atoms with E-state index >= 15 is 0 Å². The number of nitrogens with zero attached hydrogens (tertiary/aromatic N) is 2. The third kappa shape index (κ3) is 3.75. The lowest BCUT2D eigenvalue weighted by molar-refractivity contribution is 0.102. The molecule has 4 rings (SSSR count). The summed E-state index contributed by atoms with van der Waals surface area (Å²) in [5.41, 5.74) is 1.38. The number of carbonyl (C=O) groups is 1. The fourth-order valence-corrected chi connectivity index (χ4v) is 2.97. The summed E-state index contributed by atoms with van der Waals surface area (Å²) in [6, 6.07) is 17.1. The number of hydrogen-bond acceptors (Lipinski definition) is 4. The summed E-state index contributed by atoms with van der Waals surface area (Å²) >= 11 is 0. The van der Waals surface area contributed by atoms with E-state index in [0.29, 0.717) is 22.4 Å². The van der Waals surface area contributed by atoms with Crippen LogP contribution in [0.1, 0.15) is 10.4 Å². The van der Waals surface area contributed by atoms with Gasteiger partial charge in [0.15, 0.2) is 0 Å². The molecule has 1 amide bonds. The maximum atomic E-state index is 14.4. The van der Waals surface area contributed by atoms with Crippen molar-refractivity contribution in [2.45, 2.75) is 0 Å². The molecular weight excluding hydrogens is 376 g/mol. The number of halogens is 2. The van der Waals surface area contributed by atoms with Gasteiger partial charge in [-0.25, -0.2) is 14.4 Å². The number of aromatic nitrogens is 2. The minimum absolute atomic E-state index is 0.0577. The van der Waals surface area contributed by atoms with Gasteiger partial charge in [0.1, 0.15) is 22.9 Å². The highest BCUT2D eigenvalue weighted by atomic mass is 19.1. The molecule has 0 fully saturated rings. The molecule has 29 heavy (non-hydrogen) atoms. The molecule has 0 spiro atoms. The lowest BCUT2D eigenvalue weighted by atomic mass is 10.0. The molecule has 1 N–H and O–H groups in total. The van der Waals surface area contributed by atoms with E-state index in [9.17, 15) is 13.6 Å². The Morgan fingerprint density at radius 1 is 0.966 bits per heavy atom. The minimum Gasteiger partial charge on any atom is -0.497 e. The highest BCUT2D eigenvalue weighted by molar-refractivity contribution is 6.12. The second-order valence-electron chi connectivity index (χ2n) is 6.22. The molecule has 2 heterocycles. The number of amides is 1. The van der Waals surface area contributed by atoms with Gasteiger partial charge in [0.25, 0.3) is 5.91 Å². The number of methoxy groups -OCH3 is 1. The van der Waals surface area contributed by atoms with Crippen LogP contribution in [0.25, 0.3) is 22.2 Å². The highest BCUT2D eigenvalue weighted by Gasteiger charge is 2.17. The second-order valence-corrected chi connectivity index (χ2v) is 6.22. The van der Waals surface area contributed by atoms with Crippen molar-refractivity contribution in [3.63, 3.8) is 0 Å². The average molecular weight is 391 g/mol. The van der Waals surface area contributed by atoms with Crippen LogP contribution in [0.15, 0.2) is 66.7 Å². The first-order chi connectivity index (χ1) is 14.0. The van der Waals surface area contributed by atoms with Crippen LogP contribution in [0.4, 0.5) is 14.6 Å². The van der Waals surface area contributed by atoms with Crippen molar-refractivity contribution in [3.8, 4) is 17.0 Å². The Bertz CT molecular complexity index is 1210. The van der Waals surface area contributed by atoms with Crippen LogP contribution in [0.5, 0.6) is 5.75 Å². The Kier molecular flexibility index (Phi) is 4.87. The Morgan fingerprint density at radius 3 is 2.45 bits per heavy atom. The van der Waals surface area contributed by atoms with Crippen molar-refractivity contribution in [3.05, 3.63) is 84.1 Å². The first kappa shape index (κ1) is 18.5. The van der Waals surface area contributed by atoms with Crippen molar-refractivity contribution in [2.24, 2.45) is 0 Å². The number of benzene rings is 2. The third-order valence-corrected chi connectivity index (χ3v) is 4.38. The standard InChI is InChI=1S/C22H15F2N3O2/c1-29-14-10-8-13(9-11-14)18-12-16(15-4-2-5-17(23)21(15)25-18)22(28)27-20-7-3-6-19(24)26-20/h2-12H,1H3,(H,26,27,28). The second kappa shape index (κ2) is 7.63. The van der Waals surface area contributed by atoms with E-state index in [1.54, 1.807) is 43.5 Å². The highest BCUT2D eigenvalue weighted by Crippen LogP contribution is 2.28. The van der Waals surface area contributed by atoms with Crippen LogP contribution in [-0.4, -0.2) is 23.0 Å². The molecule has 2 aromatic carbocycles. The molecule has 0 aliphatic carbocycles. The number of rotatable bonds is 4. The first-order valence-corrected chi connectivity index (χ1v) is 8.73. The van der Waals surface area contributed by atoms with E-state index < -0.39 is 17.7 Å². The topological polar surface area (TPSA) is 64.1 Å². The normalized spacial score (nSPS) is 10.7. The molecule has 0 aliphatic rings. The maximum absolute atomic E-state index is 14.4. The molecule has 0 saturated heterocycles. The molecule has 0 unspecified atom stereocenters. The number of carbonyl (C=O) groups excluding carboxylic acids is 1. The zero-order valence-corrected chi connectivity index (χ0v) is 15.3. The van der Waals surface area contributed by atoms with E-state index in [1.807, 2.05) is 0 Å². The molecule has 5 nitrogen and oxygen atoms in total. The van der Waals surface area contributed by atoms with Gasteiger partial charge in [-0.3, -0.25) is 4.79 Å². The quantitative estimate of drug-likeness (QED) is 0.506. The number of fused-ring (bicyclic) bond motifs is 1. The molecule has 144 valence electrons. The van der Waals surface area contributed by atoms with Gasteiger partial charge in [0.2, 0.25) is 5.95 Å². The molecule has 0 aliphatic heterocycles. The van der Waals surface area contributed by atoms with Gasteiger partial charge in [0.05, 0.1) is 18.4 Å². The monoisotopic (exact) mass is 391 g/mol. The molecule has 4 aromatic rings. The summed E-state index contributed by atoms with van der Waals surface area (Å²) < 4.78 is 32.9. The number of pyridine rings is 2. The predicted octanol–water partition coefficient (Wildman–Crippen LogP) is 4.84. The molecule has 0 atom stereocenters. The van der Waals surface area contributed by atoms with Gasteiger partial charge in [-0.1, -0.05) is 18.2 Å². The Morgan fingerprint density at radius 2 is 1.72 bits per heavy atom. The molecule has 2 aromatic heterocycles. The van der Waals surface area contributed by atoms with E-state index in [0.717, 1.165) is 0 Å². The van der Waals surface area contributed by atoms with E-state index in [-0.39, 0.29) is 16.9 Å². The van der Waals surface area contributed by atoms with Crippen LogP contribution >= 0.6 is 0 Å². The van der Waals surface area contributed by atoms with Gasteiger partial charge in [-0.2, -0.15) is 4.39 Å². The lowest BCUT2D eigenvalue weighted by Crippen LogP contribution is -2.14. The van der Waals surface area contributed by atoms with Crippen molar-refractivity contribution < 1.29 is 18.3 Å². The van der Waals surface area contributed by atoms with Crippen LogP contribution in [0, 0.1) is 11.8 Å². The van der Waals surface area contributed by atoms with Crippen LogP contribution in [0.3, 0.4) is 0 Å². The predicted molar refractivity (Wildman–Crippen MR) is 106 cm³/mol. The number of nitrogens with one attached hydrogen (secondary N) is 1. The molecule has 0 bridgehead atoms. The van der Waals surface area contributed by atoms with Gasteiger partial charge in [0, 0.05) is 10.9 Å². The summed E-state index contributed by atoms with van der Waals surface area (Å²) in [4.78, 5) is 20.9. The number of para-hydroxylation sites is 1. The molecule has 0 radical (unpaired) electrons. The van der Waals surface area contributed by atoms with Gasteiger partial charge in [-0.05, 0) is 48.5 Å². The number of hydrogen-bond donors (Lipinski definition) is 1. The zero-order chi connectivity index (χ0) is 20.4. The Hall–Kier alpha value is -3.87. The number of anilines is 1. The van der Waals surface area contributed by atoms with Crippen molar-refractivity contribution in [1.29, 1.82) is 0 Å². The summed E-state index contributed by atoms with van der Waals surface area (Å²) in [6.07, 6.45) is 0. The molecule has 0 saturated carbocycles. The summed E-state index contributed by atoms with van der Waals surface area (Å²) in [6.45, 7) is 0. The van der Waals surface area contributed by atoms with E-state index in [1.165, 1.54) is 30.3 Å². The van der Waals surface area contributed by atoms with Crippen molar-refractivity contribution in [1.82, 2.24) is 9.97 Å². The fourth-order valence-electron chi connectivity index (χ4n) is 2.97. The van der Waals surface area contributed by atoms with E-state index in [4.69, 9.17) is 4.74 Å². The Balaban J connectivity index is 1.83. The summed E-state index contributed by atoms with van der Waals surface area (Å²) in [5.74, 6) is -1.09. The van der Waals surface area contributed by atoms with E-state index in [2.05, 4.69) is 15.3 Å². The fraction of sp³-hybridized carbons (Fsp3) is 0.0455. The molecular formula is C22H15F2N3O2. The smallest absolute Gasteiger partial charge is 0.257 e.